The fourth-order valence-electron chi connectivity index (χ4n) is 2.31. The van der Waals surface area contributed by atoms with Crippen molar-refractivity contribution >= 4 is 5.69 Å². The SMILES string of the molecule is CN1CCC(COc2cc(N)cc(C(F)(F)F)c2)CC1. The van der Waals surface area contributed by atoms with Gasteiger partial charge in [0.2, 0.25) is 0 Å². The Labute approximate surface area is 116 Å². The van der Waals surface area contributed by atoms with Gasteiger partial charge in [-0.1, -0.05) is 0 Å². The van der Waals surface area contributed by atoms with Crippen molar-refractivity contribution in [2.45, 2.75) is 19.0 Å². The van der Waals surface area contributed by atoms with Crippen LogP contribution in [0.4, 0.5) is 18.9 Å². The van der Waals surface area contributed by atoms with Gasteiger partial charge in [-0.05, 0) is 51.0 Å². The number of nitrogens with two attached hydrogens (primary N) is 1. The predicted molar refractivity (Wildman–Crippen MR) is 71.6 cm³/mol. The fourth-order valence-corrected chi connectivity index (χ4v) is 2.31. The van der Waals surface area contributed by atoms with Crippen LogP contribution in [0.1, 0.15) is 18.4 Å². The third-order valence-electron chi connectivity index (χ3n) is 3.58. The maximum absolute atomic E-state index is 12.7. The van der Waals surface area contributed by atoms with E-state index < -0.39 is 11.7 Å². The van der Waals surface area contributed by atoms with Crippen molar-refractivity contribution in [3.05, 3.63) is 23.8 Å². The summed E-state index contributed by atoms with van der Waals surface area (Å²) in [6.07, 6.45) is -2.39. The molecule has 2 N–H and O–H groups in total. The van der Waals surface area contributed by atoms with Crippen molar-refractivity contribution < 1.29 is 17.9 Å². The molecule has 0 aliphatic carbocycles. The molecule has 1 heterocycles. The molecule has 1 aromatic carbocycles. The van der Waals surface area contributed by atoms with Gasteiger partial charge in [-0.15, -0.1) is 0 Å². The van der Waals surface area contributed by atoms with Crippen LogP contribution in [0, 0.1) is 5.92 Å². The summed E-state index contributed by atoms with van der Waals surface area (Å²) >= 11 is 0. The van der Waals surface area contributed by atoms with Gasteiger partial charge in [0.1, 0.15) is 5.75 Å². The lowest BCUT2D eigenvalue weighted by atomic mass is 9.98. The lowest BCUT2D eigenvalue weighted by molar-refractivity contribution is -0.137. The first-order valence-corrected chi connectivity index (χ1v) is 6.63. The highest BCUT2D eigenvalue weighted by molar-refractivity contribution is 5.48. The standard InChI is InChI=1S/C14H19F3N2O/c1-19-4-2-10(3-5-19)9-20-13-7-11(14(15,16)17)6-12(18)8-13/h6-8,10H,2-5,9,18H2,1H3. The van der Waals surface area contributed by atoms with E-state index >= 15 is 0 Å². The Hall–Kier alpha value is -1.43. The molecule has 1 saturated heterocycles. The summed E-state index contributed by atoms with van der Waals surface area (Å²) in [7, 11) is 2.06. The average molecular weight is 288 g/mol. The first kappa shape index (κ1) is 15.0. The predicted octanol–water partition coefficient (Wildman–Crippen LogP) is 3.01. The van der Waals surface area contributed by atoms with Crippen LogP contribution in [-0.4, -0.2) is 31.6 Å². The Kier molecular flexibility index (Phi) is 4.42. The quantitative estimate of drug-likeness (QED) is 0.869. The lowest BCUT2D eigenvalue weighted by Crippen LogP contribution is -2.32. The highest BCUT2D eigenvalue weighted by Gasteiger charge is 2.31. The number of halogens is 3. The van der Waals surface area contributed by atoms with Crippen LogP contribution >= 0.6 is 0 Å². The molecule has 0 radical (unpaired) electrons. The van der Waals surface area contributed by atoms with Gasteiger partial charge < -0.3 is 15.4 Å². The highest BCUT2D eigenvalue weighted by atomic mass is 19.4. The monoisotopic (exact) mass is 288 g/mol. The summed E-state index contributed by atoms with van der Waals surface area (Å²) < 4.78 is 43.5. The Morgan fingerprint density at radius 2 is 1.90 bits per heavy atom. The summed E-state index contributed by atoms with van der Waals surface area (Å²) in [6, 6.07) is 3.36. The van der Waals surface area contributed by atoms with Crippen LogP contribution in [0.25, 0.3) is 0 Å². The summed E-state index contributed by atoms with van der Waals surface area (Å²) in [5.74, 6) is 0.582. The van der Waals surface area contributed by atoms with Crippen LogP contribution < -0.4 is 10.5 Å². The van der Waals surface area contributed by atoms with Crippen molar-refractivity contribution in [1.82, 2.24) is 4.90 Å². The van der Waals surface area contributed by atoms with E-state index in [2.05, 4.69) is 11.9 Å². The van der Waals surface area contributed by atoms with E-state index in [-0.39, 0.29) is 11.4 Å². The van der Waals surface area contributed by atoms with E-state index in [1.165, 1.54) is 6.07 Å². The van der Waals surface area contributed by atoms with E-state index in [1.54, 1.807) is 0 Å². The number of likely N-dealkylation sites (tertiary alicyclic amines) is 1. The second-order valence-electron chi connectivity index (χ2n) is 5.35. The highest BCUT2D eigenvalue weighted by Crippen LogP contribution is 2.33. The number of alkyl halides is 3. The minimum Gasteiger partial charge on any atom is -0.493 e. The van der Waals surface area contributed by atoms with Gasteiger partial charge in [0, 0.05) is 11.8 Å². The number of rotatable bonds is 3. The first-order valence-electron chi connectivity index (χ1n) is 6.63. The fraction of sp³-hybridized carbons (Fsp3) is 0.571. The van der Waals surface area contributed by atoms with Gasteiger partial charge in [-0.2, -0.15) is 13.2 Å². The van der Waals surface area contributed by atoms with Gasteiger partial charge in [0.05, 0.1) is 12.2 Å². The van der Waals surface area contributed by atoms with Crippen molar-refractivity contribution in [3.8, 4) is 5.75 Å². The molecule has 1 fully saturated rings. The van der Waals surface area contributed by atoms with Crippen LogP contribution in [0.15, 0.2) is 18.2 Å². The van der Waals surface area contributed by atoms with Crippen molar-refractivity contribution in [2.24, 2.45) is 5.92 Å². The Morgan fingerprint density at radius 1 is 1.25 bits per heavy atom. The second kappa shape index (κ2) is 5.91. The molecule has 1 aliphatic rings. The molecule has 20 heavy (non-hydrogen) atoms. The van der Waals surface area contributed by atoms with Gasteiger partial charge >= 0.3 is 6.18 Å². The second-order valence-corrected chi connectivity index (χ2v) is 5.35. The lowest BCUT2D eigenvalue weighted by Gasteiger charge is -2.28. The minimum absolute atomic E-state index is 0.0678. The topological polar surface area (TPSA) is 38.5 Å². The smallest absolute Gasteiger partial charge is 0.416 e. The molecule has 0 bridgehead atoms. The Bertz CT molecular complexity index is 454. The average Bonchev–Trinajstić information content (AvgIpc) is 2.36. The summed E-state index contributed by atoms with van der Waals surface area (Å²) in [6.45, 7) is 2.44. The number of piperidine rings is 1. The maximum atomic E-state index is 12.7. The summed E-state index contributed by atoms with van der Waals surface area (Å²) in [5, 5.41) is 0. The van der Waals surface area contributed by atoms with E-state index in [9.17, 15) is 13.2 Å². The number of anilines is 1. The number of nitrogen functional groups attached to an aromatic ring is 1. The molecule has 0 unspecified atom stereocenters. The number of ether oxygens (including phenoxy) is 1. The van der Waals surface area contributed by atoms with E-state index in [0.717, 1.165) is 38.1 Å². The number of hydrogen-bond acceptors (Lipinski definition) is 3. The van der Waals surface area contributed by atoms with Gasteiger partial charge in [-0.3, -0.25) is 0 Å². The summed E-state index contributed by atoms with van der Waals surface area (Å²) in [4.78, 5) is 2.23. The van der Waals surface area contributed by atoms with Gasteiger partial charge in [-0.25, -0.2) is 0 Å². The molecule has 0 atom stereocenters. The Morgan fingerprint density at radius 3 is 2.50 bits per heavy atom. The molecular formula is C14H19F3N2O. The molecule has 0 aromatic heterocycles. The molecule has 0 amide bonds. The molecule has 0 spiro atoms. The molecule has 112 valence electrons. The molecule has 1 aliphatic heterocycles. The number of benzene rings is 1. The van der Waals surface area contributed by atoms with Crippen molar-refractivity contribution in [2.75, 3.05) is 32.5 Å². The minimum atomic E-state index is -4.40. The molecular weight excluding hydrogens is 269 g/mol. The molecule has 2 rings (SSSR count). The van der Waals surface area contributed by atoms with Gasteiger partial charge in [0.15, 0.2) is 0 Å². The normalized spacial score (nSPS) is 18.2. The van der Waals surface area contributed by atoms with Crippen molar-refractivity contribution in [3.63, 3.8) is 0 Å². The van der Waals surface area contributed by atoms with E-state index in [1.807, 2.05) is 0 Å². The number of nitrogens with zero attached hydrogens (tertiary/aromatic N) is 1. The van der Waals surface area contributed by atoms with Crippen LogP contribution in [0.5, 0.6) is 5.75 Å². The zero-order valence-corrected chi connectivity index (χ0v) is 11.4. The largest absolute Gasteiger partial charge is 0.493 e. The third kappa shape index (κ3) is 4.03. The number of hydrogen-bond donors (Lipinski definition) is 1. The van der Waals surface area contributed by atoms with Crippen molar-refractivity contribution in [1.29, 1.82) is 0 Å². The van der Waals surface area contributed by atoms with Gasteiger partial charge in [0.25, 0.3) is 0 Å². The molecule has 6 heteroatoms. The van der Waals surface area contributed by atoms with Crippen LogP contribution in [-0.2, 0) is 6.18 Å². The first-order chi connectivity index (χ1) is 9.34. The van der Waals surface area contributed by atoms with Crippen LogP contribution in [0.3, 0.4) is 0 Å². The summed E-state index contributed by atoms with van der Waals surface area (Å²) in [5.41, 5.74) is 4.80. The molecule has 0 saturated carbocycles. The zero-order valence-electron chi connectivity index (χ0n) is 11.4. The zero-order chi connectivity index (χ0) is 14.8. The van der Waals surface area contributed by atoms with E-state index in [4.69, 9.17) is 10.5 Å². The Balaban J connectivity index is 1.97. The molecule has 1 aromatic rings. The van der Waals surface area contributed by atoms with Crippen LogP contribution in [0.2, 0.25) is 0 Å². The molecule has 3 nitrogen and oxygen atoms in total. The third-order valence-corrected chi connectivity index (χ3v) is 3.58. The maximum Gasteiger partial charge on any atom is 0.416 e. The van der Waals surface area contributed by atoms with E-state index in [0.29, 0.717) is 12.5 Å².